The molecule has 17 heavy (non-hydrogen) atoms. The molecule has 0 aromatic heterocycles. The van der Waals surface area contributed by atoms with Crippen LogP contribution in [0.15, 0.2) is 36.4 Å². The first-order valence-corrected chi connectivity index (χ1v) is 4.49. The summed E-state index contributed by atoms with van der Waals surface area (Å²) in [6, 6.07) is 6.71. The van der Waals surface area contributed by atoms with Crippen molar-refractivity contribution in [3.05, 3.63) is 42.0 Å². The zero-order valence-electron chi connectivity index (χ0n) is 8.78. The lowest BCUT2D eigenvalue weighted by atomic mass is 10.2. The molecular weight excluding hydrogens is 228 g/mol. The van der Waals surface area contributed by atoms with Gasteiger partial charge in [0, 0.05) is 17.7 Å². The summed E-state index contributed by atoms with van der Waals surface area (Å²) in [6.45, 7) is -0.104. The Balaban J connectivity index is 0.000000304. The van der Waals surface area contributed by atoms with Crippen LogP contribution in [0.4, 0.5) is 0 Å². The number of hydrogen-bond donors (Lipinski definition) is 4. The number of aromatic hydroxyl groups is 1. The van der Waals surface area contributed by atoms with Gasteiger partial charge in [0.25, 0.3) is 0 Å². The summed E-state index contributed by atoms with van der Waals surface area (Å²) < 4.78 is 0. The van der Waals surface area contributed by atoms with E-state index in [0.717, 1.165) is 0 Å². The number of aliphatic hydroxyl groups is 1. The number of para-hydroxylation sites is 1. The van der Waals surface area contributed by atoms with Crippen molar-refractivity contribution in [1.29, 1.82) is 0 Å². The quantitative estimate of drug-likeness (QED) is 0.575. The molecule has 6 heteroatoms. The average Bonchev–Trinajstić information content (AvgIpc) is 2.28. The molecule has 0 atom stereocenters. The number of aliphatic carboxylic acids is 2. The Morgan fingerprint density at radius 3 is 1.82 bits per heavy atom. The zero-order chi connectivity index (χ0) is 13.3. The zero-order valence-corrected chi connectivity index (χ0v) is 8.78. The van der Waals surface area contributed by atoms with Crippen molar-refractivity contribution >= 4 is 11.9 Å². The van der Waals surface area contributed by atoms with Gasteiger partial charge in [-0.1, -0.05) is 18.2 Å². The molecule has 0 radical (unpaired) electrons. The first-order valence-electron chi connectivity index (χ1n) is 4.49. The molecule has 0 heterocycles. The fourth-order valence-electron chi connectivity index (χ4n) is 0.787. The average molecular weight is 240 g/mol. The predicted molar refractivity (Wildman–Crippen MR) is 58.4 cm³/mol. The van der Waals surface area contributed by atoms with Crippen molar-refractivity contribution in [3.8, 4) is 5.75 Å². The largest absolute Gasteiger partial charge is 0.508 e. The van der Waals surface area contributed by atoms with E-state index in [1.807, 2.05) is 0 Å². The second-order valence-corrected chi connectivity index (χ2v) is 2.80. The van der Waals surface area contributed by atoms with Crippen molar-refractivity contribution in [2.24, 2.45) is 0 Å². The van der Waals surface area contributed by atoms with Crippen LogP contribution < -0.4 is 0 Å². The second-order valence-electron chi connectivity index (χ2n) is 2.80. The van der Waals surface area contributed by atoms with Crippen LogP contribution in [0.25, 0.3) is 0 Å². The first-order chi connectivity index (χ1) is 7.97. The third kappa shape index (κ3) is 7.57. The molecule has 4 N–H and O–H groups in total. The Morgan fingerprint density at radius 2 is 1.53 bits per heavy atom. The van der Waals surface area contributed by atoms with Crippen molar-refractivity contribution in [2.75, 3.05) is 0 Å². The van der Waals surface area contributed by atoms with Gasteiger partial charge in [0.05, 0.1) is 6.61 Å². The molecule has 0 bridgehead atoms. The Bertz CT molecular complexity index is 394. The summed E-state index contributed by atoms with van der Waals surface area (Å²) in [7, 11) is 0. The van der Waals surface area contributed by atoms with Crippen LogP contribution in [0.3, 0.4) is 0 Å². The molecule has 1 aromatic rings. The van der Waals surface area contributed by atoms with Gasteiger partial charge >= 0.3 is 11.9 Å². The van der Waals surface area contributed by atoms with Crippen LogP contribution in [0.2, 0.25) is 0 Å². The maximum Gasteiger partial charge on any atom is 0.328 e. The highest BCUT2D eigenvalue weighted by Gasteiger charge is 1.93. The van der Waals surface area contributed by atoms with Crippen LogP contribution in [-0.2, 0) is 16.2 Å². The maximum absolute atomic E-state index is 9.55. The van der Waals surface area contributed by atoms with E-state index in [-0.39, 0.29) is 12.4 Å². The number of rotatable bonds is 3. The molecule has 0 fully saturated rings. The molecule has 0 saturated carbocycles. The molecule has 0 unspecified atom stereocenters. The summed E-state index contributed by atoms with van der Waals surface area (Å²) in [4.78, 5) is 19.1. The summed E-state index contributed by atoms with van der Waals surface area (Å²) in [5.41, 5.74) is 0.567. The van der Waals surface area contributed by atoms with Crippen molar-refractivity contribution in [2.45, 2.75) is 6.61 Å². The number of carboxylic acid groups (broad SMARTS) is 2. The van der Waals surface area contributed by atoms with Crippen LogP contribution in [-0.4, -0.2) is 32.4 Å². The summed E-state index contributed by atoms with van der Waals surface area (Å²) in [5.74, 6) is -2.36. The van der Waals surface area contributed by atoms with E-state index < -0.39 is 11.9 Å². The monoisotopic (exact) mass is 240 g/mol. The summed E-state index contributed by atoms with van der Waals surface area (Å²) in [6.07, 6.45) is 1.12. The molecule has 0 spiro atoms. The van der Waals surface area contributed by atoms with Gasteiger partial charge in [-0.05, 0) is 6.07 Å². The van der Waals surface area contributed by atoms with E-state index in [1.165, 1.54) is 0 Å². The molecular formula is C11H12O6. The molecule has 0 aliphatic carbocycles. The lowest BCUT2D eigenvalue weighted by Gasteiger charge is -1.96. The van der Waals surface area contributed by atoms with Gasteiger partial charge in [-0.25, -0.2) is 9.59 Å². The minimum Gasteiger partial charge on any atom is -0.508 e. The van der Waals surface area contributed by atoms with Gasteiger partial charge in [0.2, 0.25) is 0 Å². The molecule has 1 rings (SSSR count). The second kappa shape index (κ2) is 7.89. The first kappa shape index (κ1) is 14.7. The molecule has 92 valence electrons. The Morgan fingerprint density at radius 1 is 1.06 bits per heavy atom. The van der Waals surface area contributed by atoms with Gasteiger partial charge < -0.3 is 20.4 Å². The summed E-state index contributed by atoms with van der Waals surface area (Å²) >= 11 is 0. The molecule has 6 nitrogen and oxygen atoms in total. The number of benzene rings is 1. The fourth-order valence-corrected chi connectivity index (χ4v) is 0.787. The molecule has 0 aliphatic heterocycles. The van der Waals surface area contributed by atoms with E-state index >= 15 is 0 Å². The number of phenols is 1. The third-order valence-electron chi connectivity index (χ3n) is 1.53. The highest BCUT2D eigenvalue weighted by atomic mass is 16.4. The van der Waals surface area contributed by atoms with E-state index in [9.17, 15) is 9.59 Å². The molecule has 0 amide bonds. The molecule has 0 aliphatic rings. The Hall–Kier alpha value is -2.34. The van der Waals surface area contributed by atoms with E-state index in [2.05, 4.69) is 0 Å². The lowest BCUT2D eigenvalue weighted by Crippen LogP contribution is -1.91. The van der Waals surface area contributed by atoms with Gasteiger partial charge in [-0.3, -0.25) is 0 Å². The van der Waals surface area contributed by atoms with Gasteiger partial charge in [0.15, 0.2) is 0 Å². The van der Waals surface area contributed by atoms with Crippen LogP contribution in [0, 0.1) is 0 Å². The number of carboxylic acids is 2. The SMILES string of the molecule is O=C(O)/C=C\C(=O)O.OCc1ccccc1O. The fraction of sp³-hybridized carbons (Fsp3) is 0.0909. The maximum atomic E-state index is 9.55. The van der Waals surface area contributed by atoms with Crippen molar-refractivity contribution < 1.29 is 30.0 Å². The minimum atomic E-state index is -1.26. The molecule has 0 saturated heterocycles. The van der Waals surface area contributed by atoms with E-state index in [0.29, 0.717) is 17.7 Å². The number of carbonyl (C=O) groups is 2. The van der Waals surface area contributed by atoms with Crippen LogP contribution in [0.1, 0.15) is 5.56 Å². The highest BCUT2D eigenvalue weighted by molar-refractivity contribution is 5.89. The van der Waals surface area contributed by atoms with E-state index in [1.54, 1.807) is 24.3 Å². The normalized spacial score (nSPS) is 9.47. The smallest absolute Gasteiger partial charge is 0.328 e. The van der Waals surface area contributed by atoms with Crippen molar-refractivity contribution in [3.63, 3.8) is 0 Å². The lowest BCUT2D eigenvalue weighted by molar-refractivity contribution is -0.134. The van der Waals surface area contributed by atoms with E-state index in [4.69, 9.17) is 20.4 Å². The van der Waals surface area contributed by atoms with Crippen LogP contribution in [0.5, 0.6) is 5.75 Å². The standard InChI is InChI=1S/C7H8O2.C4H4O4/c8-5-6-3-1-2-4-7(6)9;5-3(6)1-2-4(7)8/h1-4,8-9H,5H2;1-2H,(H,5,6)(H,7,8)/b;2-1-. The third-order valence-corrected chi connectivity index (χ3v) is 1.53. The van der Waals surface area contributed by atoms with Crippen molar-refractivity contribution in [1.82, 2.24) is 0 Å². The van der Waals surface area contributed by atoms with Gasteiger partial charge in [-0.15, -0.1) is 0 Å². The summed E-state index contributed by atoms with van der Waals surface area (Å²) in [5, 5.41) is 33.1. The van der Waals surface area contributed by atoms with Gasteiger partial charge in [0.1, 0.15) is 5.75 Å². The number of hydrogen-bond acceptors (Lipinski definition) is 4. The molecule has 1 aromatic carbocycles. The topological polar surface area (TPSA) is 115 Å². The minimum absolute atomic E-state index is 0.104. The Labute approximate surface area is 97.1 Å². The van der Waals surface area contributed by atoms with Gasteiger partial charge in [-0.2, -0.15) is 0 Å². The number of aliphatic hydroxyl groups excluding tert-OH is 1. The van der Waals surface area contributed by atoms with Crippen LogP contribution >= 0.6 is 0 Å². The highest BCUT2D eigenvalue weighted by Crippen LogP contribution is 2.14. The predicted octanol–water partition coefficient (Wildman–Crippen LogP) is 0.596. The Kier molecular flexibility index (Phi) is 6.80.